The molecule has 3 nitrogen and oxygen atoms in total. The molecule has 0 fully saturated rings. The van der Waals surface area contributed by atoms with Crippen LogP contribution < -0.4 is 0 Å². The van der Waals surface area contributed by atoms with Gasteiger partial charge in [-0.05, 0) is 116 Å². The summed E-state index contributed by atoms with van der Waals surface area (Å²) in [7, 11) is 1.90. The molecule has 0 aromatic heterocycles. The normalized spacial score (nSPS) is 13.6. The average molecular weight is 574 g/mol. The molecule has 2 atom stereocenters. The fraction of sp³-hybridized carbons (Fsp3) is 0.816. The summed E-state index contributed by atoms with van der Waals surface area (Å²) < 4.78 is 6.33. The Bertz CT molecular complexity index is 627. The number of nitrogens with zero attached hydrogens (tertiary/aromatic N) is 1. The lowest BCUT2D eigenvalue weighted by molar-refractivity contribution is 0.0219. The molecule has 41 heavy (non-hydrogen) atoms. The topological polar surface area (TPSA) is 29.5 Å². The molecule has 0 aromatic carbocycles. The van der Waals surface area contributed by atoms with E-state index in [-0.39, 0.29) is 18.2 Å². The van der Waals surface area contributed by atoms with E-state index >= 15 is 0 Å². The van der Waals surface area contributed by atoms with E-state index in [1.807, 2.05) is 7.05 Å². The van der Waals surface area contributed by atoms with Gasteiger partial charge in [0.2, 0.25) is 0 Å². The van der Waals surface area contributed by atoms with E-state index in [0.29, 0.717) is 5.92 Å². The molecule has 0 bridgehead atoms. The van der Waals surface area contributed by atoms with Crippen LogP contribution in [0.2, 0.25) is 0 Å². The Morgan fingerprint density at radius 1 is 0.585 bits per heavy atom. The Kier molecular flexibility index (Phi) is 28.9. The van der Waals surface area contributed by atoms with E-state index in [1.165, 1.54) is 89.9 Å². The third kappa shape index (κ3) is 23.7. The largest absolute Gasteiger partial charge is 0.446 e. The van der Waals surface area contributed by atoms with Crippen LogP contribution in [0.15, 0.2) is 36.5 Å². The van der Waals surface area contributed by atoms with Gasteiger partial charge in [0.05, 0.1) is 0 Å². The van der Waals surface area contributed by atoms with E-state index in [2.05, 4.69) is 71.1 Å². The zero-order valence-electron chi connectivity index (χ0n) is 28.5. The lowest BCUT2D eigenvalue weighted by atomic mass is 9.87. The highest BCUT2D eigenvalue weighted by molar-refractivity contribution is 5.67. The Morgan fingerprint density at radius 2 is 0.951 bits per heavy atom. The summed E-state index contributed by atoms with van der Waals surface area (Å²) in [6.07, 6.45) is 40.3. The molecule has 0 aliphatic heterocycles. The molecule has 0 spiro atoms. The SMILES string of the molecule is CCCCC/C=C\CCCC(CCC/C=C\CCCCC)C(CCC/C=C\CCCCC)OC(=O)N(C)C(C)CC. The quantitative estimate of drug-likeness (QED) is 0.0688. The summed E-state index contributed by atoms with van der Waals surface area (Å²) in [6.45, 7) is 11.0. The van der Waals surface area contributed by atoms with Crippen molar-refractivity contribution in [3.63, 3.8) is 0 Å². The van der Waals surface area contributed by atoms with E-state index in [0.717, 1.165) is 51.4 Å². The predicted octanol–water partition coefficient (Wildman–Crippen LogP) is 12.8. The first kappa shape index (κ1) is 39.5. The van der Waals surface area contributed by atoms with Crippen LogP contribution in [0.5, 0.6) is 0 Å². The van der Waals surface area contributed by atoms with Gasteiger partial charge in [-0.25, -0.2) is 4.79 Å². The second-order valence-corrected chi connectivity index (χ2v) is 12.2. The number of allylic oxidation sites excluding steroid dienone is 6. The number of rotatable bonds is 28. The Morgan fingerprint density at radius 3 is 1.32 bits per heavy atom. The van der Waals surface area contributed by atoms with Crippen LogP contribution in [-0.2, 0) is 4.74 Å². The van der Waals surface area contributed by atoms with Crippen LogP contribution in [0.25, 0.3) is 0 Å². The molecule has 0 rings (SSSR count). The van der Waals surface area contributed by atoms with Crippen LogP contribution >= 0.6 is 0 Å². The number of ether oxygens (including phenoxy) is 1. The van der Waals surface area contributed by atoms with Crippen LogP contribution in [0.4, 0.5) is 4.79 Å². The smallest absolute Gasteiger partial charge is 0.410 e. The number of unbranched alkanes of at least 4 members (excludes halogenated alkanes) is 12. The minimum atomic E-state index is -0.143. The second-order valence-electron chi connectivity index (χ2n) is 12.2. The first-order chi connectivity index (χ1) is 20.0. The van der Waals surface area contributed by atoms with Gasteiger partial charge in [-0.3, -0.25) is 0 Å². The van der Waals surface area contributed by atoms with Gasteiger partial charge >= 0.3 is 6.09 Å². The standard InChI is InChI=1S/C38H71NO2/c1-7-11-14-17-20-23-26-29-32-36(33-30-27-24-21-18-15-12-8-2)37(41-38(40)39(6)35(5)10-4)34-31-28-25-22-19-16-13-9-3/h20-25,35-37H,7-19,26-34H2,1-6H3/b23-20-,24-21-,25-22-. The molecule has 0 N–H and O–H groups in total. The Balaban J connectivity index is 5.25. The zero-order valence-corrected chi connectivity index (χ0v) is 28.5. The molecule has 240 valence electrons. The van der Waals surface area contributed by atoms with Gasteiger partial charge in [0.25, 0.3) is 0 Å². The van der Waals surface area contributed by atoms with Crippen molar-refractivity contribution in [1.29, 1.82) is 0 Å². The molecule has 0 saturated heterocycles. The summed E-state index contributed by atoms with van der Waals surface area (Å²) in [5.41, 5.74) is 0. The summed E-state index contributed by atoms with van der Waals surface area (Å²) in [5, 5.41) is 0. The lowest BCUT2D eigenvalue weighted by Gasteiger charge is -2.31. The highest BCUT2D eigenvalue weighted by Crippen LogP contribution is 2.27. The molecule has 0 aromatic rings. The first-order valence-corrected chi connectivity index (χ1v) is 17.9. The summed E-state index contributed by atoms with van der Waals surface area (Å²) >= 11 is 0. The second kappa shape index (κ2) is 30.0. The van der Waals surface area contributed by atoms with Crippen molar-refractivity contribution < 1.29 is 9.53 Å². The molecule has 3 heteroatoms. The monoisotopic (exact) mass is 574 g/mol. The number of carbonyl (C=O) groups excluding carboxylic acids is 1. The minimum Gasteiger partial charge on any atom is -0.446 e. The highest BCUT2D eigenvalue weighted by atomic mass is 16.6. The predicted molar refractivity (Wildman–Crippen MR) is 183 cm³/mol. The fourth-order valence-corrected chi connectivity index (χ4v) is 5.25. The van der Waals surface area contributed by atoms with E-state index in [4.69, 9.17) is 4.74 Å². The molecule has 0 radical (unpaired) electrons. The average Bonchev–Trinajstić information content (AvgIpc) is 2.98. The first-order valence-electron chi connectivity index (χ1n) is 17.9. The van der Waals surface area contributed by atoms with Crippen molar-refractivity contribution in [2.24, 2.45) is 5.92 Å². The lowest BCUT2D eigenvalue weighted by Crippen LogP contribution is -2.39. The van der Waals surface area contributed by atoms with Gasteiger partial charge in [-0.15, -0.1) is 0 Å². The molecule has 0 aliphatic carbocycles. The maximum atomic E-state index is 13.2. The van der Waals surface area contributed by atoms with Crippen LogP contribution in [0, 0.1) is 5.92 Å². The van der Waals surface area contributed by atoms with E-state index < -0.39 is 0 Å². The van der Waals surface area contributed by atoms with E-state index in [1.54, 1.807) is 4.90 Å². The third-order valence-corrected chi connectivity index (χ3v) is 8.49. The third-order valence-electron chi connectivity index (χ3n) is 8.49. The molecular weight excluding hydrogens is 502 g/mol. The molecular formula is C38H71NO2. The van der Waals surface area contributed by atoms with Crippen molar-refractivity contribution >= 4 is 6.09 Å². The van der Waals surface area contributed by atoms with Crippen LogP contribution in [0.1, 0.15) is 176 Å². The van der Waals surface area contributed by atoms with E-state index in [9.17, 15) is 4.79 Å². The molecule has 0 heterocycles. The van der Waals surface area contributed by atoms with Gasteiger partial charge < -0.3 is 9.64 Å². The summed E-state index contributed by atoms with van der Waals surface area (Å²) in [6, 6.07) is 0.198. The number of hydrogen-bond acceptors (Lipinski definition) is 2. The number of amides is 1. The fourth-order valence-electron chi connectivity index (χ4n) is 5.25. The van der Waals surface area contributed by atoms with Gasteiger partial charge in [-0.1, -0.05) is 103 Å². The van der Waals surface area contributed by atoms with Crippen molar-refractivity contribution in [2.75, 3.05) is 7.05 Å². The maximum absolute atomic E-state index is 13.2. The van der Waals surface area contributed by atoms with Gasteiger partial charge in [0.1, 0.15) is 6.10 Å². The van der Waals surface area contributed by atoms with Gasteiger partial charge in [0, 0.05) is 13.1 Å². The maximum Gasteiger partial charge on any atom is 0.410 e. The Hall–Kier alpha value is -1.51. The Labute approximate surface area is 257 Å². The molecule has 2 unspecified atom stereocenters. The summed E-state index contributed by atoms with van der Waals surface area (Å²) in [5.74, 6) is 0.430. The highest BCUT2D eigenvalue weighted by Gasteiger charge is 2.27. The van der Waals surface area contributed by atoms with Crippen molar-refractivity contribution in [2.45, 2.75) is 188 Å². The van der Waals surface area contributed by atoms with Crippen molar-refractivity contribution in [1.82, 2.24) is 4.90 Å². The summed E-state index contributed by atoms with van der Waals surface area (Å²) in [4.78, 5) is 15.0. The molecule has 0 saturated carbocycles. The minimum absolute atomic E-state index is 0.00423. The molecule has 0 aliphatic rings. The van der Waals surface area contributed by atoms with Gasteiger partial charge in [-0.2, -0.15) is 0 Å². The van der Waals surface area contributed by atoms with Crippen molar-refractivity contribution in [3.8, 4) is 0 Å². The van der Waals surface area contributed by atoms with Crippen LogP contribution in [-0.4, -0.2) is 30.2 Å². The number of carbonyl (C=O) groups is 1. The molecule has 1 amide bonds. The van der Waals surface area contributed by atoms with Gasteiger partial charge in [0.15, 0.2) is 0 Å². The van der Waals surface area contributed by atoms with Crippen molar-refractivity contribution in [3.05, 3.63) is 36.5 Å². The number of hydrogen-bond donors (Lipinski definition) is 0. The van der Waals surface area contributed by atoms with Crippen LogP contribution in [0.3, 0.4) is 0 Å². The zero-order chi connectivity index (χ0) is 30.4.